The molecule has 0 saturated carbocycles. The lowest BCUT2D eigenvalue weighted by atomic mass is 10.0. The van der Waals surface area contributed by atoms with Gasteiger partial charge in [-0.05, 0) is 23.8 Å². The van der Waals surface area contributed by atoms with E-state index < -0.39 is 0 Å². The summed E-state index contributed by atoms with van der Waals surface area (Å²) in [6.07, 6.45) is 0. The van der Waals surface area contributed by atoms with Crippen LogP contribution in [0.25, 0.3) is 11.1 Å². The molecule has 110 valence electrons. The highest BCUT2D eigenvalue weighted by Crippen LogP contribution is 2.34. The molecule has 0 saturated heterocycles. The third kappa shape index (κ3) is 3.23. The topological polar surface area (TPSA) is 35.2 Å². The number of benzene rings is 3. The van der Waals surface area contributed by atoms with Crippen molar-refractivity contribution in [2.45, 2.75) is 6.61 Å². The van der Waals surface area contributed by atoms with Gasteiger partial charge in [-0.25, -0.2) is 0 Å². The summed E-state index contributed by atoms with van der Waals surface area (Å²) in [7, 11) is 0. The van der Waals surface area contributed by atoms with Crippen LogP contribution >= 0.6 is 11.6 Å². The maximum absolute atomic E-state index is 6.22. The van der Waals surface area contributed by atoms with Crippen LogP contribution in [-0.4, -0.2) is 0 Å². The molecule has 2 N–H and O–H groups in total. The molecule has 3 heteroatoms. The molecule has 0 unspecified atom stereocenters. The first-order chi connectivity index (χ1) is 10.7. The lowest BCUT2D eigenvalue weighted by Gasteiger charge is -2.11. The molecule has 0 atom stereocenters. The predicted octanol–water partition coefficient (Wildman–Crippen LogP) is 5.17. The number of nitrogens with two attached hydrogens (primary N) is 1. The van der Waals surface area contributed by atoms with Crippen molar-refractivity contribution in [2.24, 2.45) is 0 Å². The molecular weight excluding hydrogens is 294 g/mol. The van der Waals surface area contributed by atoms with Crippen LogP contribution in [0, 0.1) is 0 Å². The normalized spacial score (nSPS) is 10.4. The Kier molecular flexibility index (Phi) is 4.31. The van der Waals surface area contributed by atoms with Crippen molar-refractivity contribution in [3.05, 3.63) is 83.4 Å². The number of nitrogen functional groups attached to an aromatic ring is 1. The van der Waals surface area contributed by atoms with Gasteiger partial charge in [-0.1, -0.05) is 60.1 Å². The van der Waals surface area contributed by atoms with Crippen molar-refractivity contribution in [3.8, 4) is 16.9 Å². The fraction of sp³-hybridized carbons (Fsp3) is 0.0526. The molecule has 0 radical (unpaired) electrons. The van der Waals surface area contributed by atoms with E-state index in [9.17, 15) is 0 Å². The Morgan fingerprint density at radius 2 is 1.55 bits per heavy atom. The maximum atomic E-state index is 6.22. The summed E-state index contributed by atoms with van der Waals surface area (Å²) in [4.78, 5) is 0. The van der Waals surface area contributed by atoms with Gasteiger partial charge in [0.25, 0.3) is 0 Å². The average Bonchev–Trinajstić information content (AvgIpc) is 2.55. The van der Waals surface area contributed by atoms with Gasteiger partial charge in [0.05, 0.1) is 0 Å². The van der Waals surface area contributed by atoms with Crippen molar-refractivity contribution >= 4 is 17.3 Å². The molecule has 3 aromatic rings. The number of rotatable bonds is 4. The Morgan fingerprint density at radius 3 is 2.27 bits per heavy atom. The SMILES string of the molecule is Nc1cc(OCc2ccccc2)ccc1-c1ccccc1Cl. The van der Waals surface area contributed by atoms with Crippen molar-refractivity contribution in [1.29, 1.82) is 0 Å². The average molecular weight is 310 g/mol. The van der Waals surface area contributed by atoms with Crippen LogP contribution < -0.4 is 10.5 Å². The molecule has 0 aliphatic rings. The number of halogens is 1. The molecule has 0 bridgehead atoms. The minimum Gasteiger partial charge on any atom is -0.489 e. The molecule has 3 rings (SSSR count). The summed E-state index contributed by atoms with van der Waals surface area (Å²) in [5.74, 6) is 0.747. The van der Waals surface area contributed by atoms with Crippen LogP contribution in [0.3, 0.4) is 0 Å². The molecule has 0 heterocycles. The Labute approximate surface area is 135 Å². The molecule has 0 aliphatic heterocycles. The van der Waals surface area contributed by atoms with Crippen LogP contribution in [0.1, 0.15) is 5.56 Å². The largest absolute Gasteiger partial charge is 0.489 e. The molecule has 0 spiro atoms. The minimum absolute atomic E-state index is 0.520. The Morgan fingerprint density at radius 1 is 0.818 bits per heavy atom. The number of anilines is 1. The molecular formula is C19H16ClNO. The highest BCUT2D eigenvalue weighted by atomic mass is 35.5. The summed E-state index contributed by atoms with van der Waals surface area (Å²) in [6, 6.07) is 23.4. The van der Waals surface area contributed by atoms with Gasteiger partial charge in [-0.3, -0.25) is 0 Å². The van der Waals surface area contributed by atoms with Crippen LogP contribution in [0.15, 0.2) is 72.8 Å². The summed E-state index contributed by atoms with van der Waals surface area (Å²) in [5.41, 5.74) is 9.77. The van der Waals surface area contributed by atoms with E-state index in [0.717, 1.165) is 22.4 Å². The van der Waals surface area contributed by atoms with Crippen molar-refractivity contribution in [3.63, 3.8) is 0 Å². The summed E-state index contributed by atoms with van der Waals surface area (Å²) in [6.45, 7) is 0.520. The maximum Gasteiger partial charge on any atom is 0.121 e. The summed E-state index contributed by atoms with van der Waals surface area (Å²) in [5, 5.41) is 0.687. The summed E-state index contributed by atoms with van der Waals surface area (Å²) >= 11 is 6.22. The first-order valence-electron chi connectivity index (χ1n) is 7.05. The smallest absolute Gasteiger partial charge is 0.121 e. The van der Waals surface area contributed by atoms with E-state index in [1.807, 2.05) is 72.8 Å². The lowest BCUT2D eigenvalue weighted by Crippen LogP contribution is -1.97. The second kappa shape index (κ2) is 6.54. The van der Waals surface area contributed by atoms with Crippen LogP contribution in [0.5, 0.6) is 5.75 Å². The van der Waals surface area contributed by atoms with E-state index in [1.165, 1.54) is 0 Å². The van der Waals surface area contributed by atoms with Gasteiger partial charge < -0.3 is 10.5 Å². The van der Waals surface area contributed by atoms with Gasteiger partial charge in [0.15, 0.2) is 0 Å². The van der Waals surface area contributed by atoms with Gasteiger partial charge >= 0.3 is 0 Å². The van der Waals surface area contributed by atoms with Gasteiger partial charge in [0.2, 0.25) is 0 Å². The number of hydrogen-bond donors (Lipinski definition) is 1. The van der Waals surface area contributed by atoms with E-state index in [2.05, 4.69) is 0 Å². The van der Waals surface area contributed by atoms with Gasteiger partial charge in [0.1, 0.15) is 12.4 Å². The first kappa shape index (κ1) is 14.5. The van der Waals surface area contributed by atoms with E-state index in [1.54, 1.807) is 0 Å². The second-order valence-electron chi connectivity index (χ2n) is 5.00. The van der Waals surface area contributed by atoms with Crippen molar-refractivity contribution < 1.29 is 4.74 Å². The molecule has 0 fully saturated rings. The molecule has 0 amide bonds. The second-order valence-corrected chi connectivity index (χ2v) is 5.41. The van der Waals surface area contributed by atoms with Gasteiger partial charge in [0, 0.05) is 27.9 Å². The van der Waals surface area contributed by atoms with E-state index in [0.29, 0.717) is 17.3 Å². The van der Waals surface area contributed by atoms with Gasteiger partial charge in [-0.15, -0.1) is 0 Å². The Hall–Kier alpha value is -2.45. The highest BCUT2D eigenvalue weighted by Gasteiger charge is 2.07. The fourth-order valence-corrected chi connectivity index (χ4v) is 2.53. The molecule has 3 aromatic carbocycles. The number of hydrogen-bond acceptors (Lipinski definition) is 2. The molecule has 2 nitrogen and oxygen atoms in total. The van der Waals surface area contributed by atoms with Crippen molar-refractivity contribution in [2.75, 3.05) is 5.73 Å². The zero-order chi connectivity index (χ0) is 15.4. The third-order valence-corrected chi connectivity index (χ3v) is 3.76. The van der Waals surface area contributed by atoms with Crippen LogP contribution in [0.2, 0.25) is 5.02 Å². The Balaban J connectivity index is 1.79. The van der Waals surface area contributed by atoms with Crippen LogP contribution in [-0.2, 0) is 6.61 Å². The summed E-state index contributed by atoms with van der Waals surface area (Å²) < 4.78 is 5.78. The van der Waals surface area contributed by atoms with E-state index in [4.69, 9.17) is 22.1 Å². The van der Waals surface area contributed by atoms with Gasteiger partial charge in [-0.2, -0.15) is 0 Å². The lowest BCUT2D eigenvalue weighted by molar-refractivity contribution is 0.306. The van der Waals surface area contributed by atoms with Crippen molar-refractivity contribution in [1.82, 2.24) is 0 Å². The monoisotopic (exact) mass is 309 g/mol. The Bertz CT molecular complexity index is 771. The fourth-order valence-electron chi connectivity index (χ4n) is 2.30. The predicted molar refractivity (Wildman–Crippen MR) is 92.1 cm³/mol. The molecule has 0 aromatic heterocycles. The van der Waals surface area contributed by atoms with Crippen LogP contribution in [0.4, 0.5) is 5.69 Å². The highest BCUT2D eigenvalue weighted by molar-refractivity contribution is 6.33. The minimum atomic E-state index is 0.520. The zero-order valence-corrected chi connectivity index (χ0v) is 12.8. The standard InChI is InChI=1S/C19H16ClNO/c20-18-9-5-4-8-16(18)17-11-10-15(12-19(17)21)22-13-14-6-2-1-3-7-14/h1-12H,13,21H2. The van der Waals surface area contributed by atoms with E-state index in [-0.39, 0.29) is 0 Å². The third-order valence-electron chi connectivity index (χ3n) is 3.44. The first-order valence-corrected chi connectivity index (χ1v) is 7.43. The molecule has 0 aliphatic carbocycles. The quantitative estimate of drug-likeness (QED) is 0.675. The zero-order valence-electron chi connectivity index (χ0n) is 12.0. The van der Waals surface area contributed by atoms with E-state index >= 15 is 0 Å². The molecule has 22 heavy (non-hydrogen) atoms. The number of ether oxygens (including phenoxy) is 1.